The van der Waals surface area contributed by atoms with Gasteiger partial charge in [-0.1, -0.05) is 28.1 Å². The van der Waals surface area contributed by atoms with Crippen molar-refractivity contribution in [2.24, 2.45) is 5.73 Å². The summed E-state index contributed by atoms with van der Waals surface area (Å²) in [7, 11) is 0. The molecule has 1 rings (SSSR count). The van der Waals surface area contributed by atoms with Gasteiger partial charge in [-0.2, -0.15) is 0 Å². The molecule has 0 aliphatic heterocycles. The molecule has 0 radical (unpaired) electrons. The first-order valence-electron chi connectivity index (χ1n) is 3.84. The van der Waals surface area contributed by atoms with Crippen LogP contribution in [0.1, 0.15) is 11.5 Å². The van der Waals surface area contributed by atoms with Crippen molar-refractivity contribution in [3.63, 3.8) is 0 Å². The summed E-state index contributed by atoms with van der Waals surface area (Å²) in [6.07, 6.45) is 0. The Morgan fingerprint density at radius 1 is 1.31 bits per heavy atom. The Morgan fingerprint density at radius 2 is 1.85 bits per heavy atom. The quantitative estimate of drug-likeness (QED) is 0.878. The van der Waals surface area contributed by atoms with E-state index in [-0.39, 0.29) is 24.9 Å². The second kappa shape index (κ2) is 6.38. The monoisotopic (exact) mass is 265 g/mol. The van der Waals surface area contributed by atoms with Crippen LogP contribution in [-0.2, 0) is 0 Å². The Hall–Kier alpha value is -0.0900. The van der Waals surface area contributed by atoms with Gasteiger partial charge in [0.15, 0.2) is 0 Å². The molecule has 0 aliphatic carbocycles. The molecule has 0 spiro atoms. The molecule has 0 aliphatic rings. The zero-order chi connectivity index (χ0) is 8.97. The van der Waals surface area contributed by atoms with Crippen molar-refractivity contribution in [2.45, 2.75) is 5.92 Å². The summed E-state index contributed by atoms with van der Waals surface area (Å²) in [6, 6.07) is 7.84. The number of aliphatic hydroxyl groups excluding tert-OH is 1. The van der Waals surface area contributed by atoms with Crippen LogP contribution >= 0.6 is 28.3 Å². The average molecular weight is 267 g/mol. The van der Waals surface area contributed by atoms with E-state index in [1.165, 1.54) is 0 Å². The first-order valence-corrected chi connectivity index (χ1v) is 4.63. The van der Waals surface area contributed by atoms with Gasteiger partial charge in [-0.25, -0.2) is 0 Å². The van der Waals surface area contributed by atoms with E-state index in [4.69, 9.17) is 10.8 Å². The normalized spacial score (nSPS) is 11.9. The van der Waals surface area contributed by atoms with E-state index in [0.29, 0.717) is 6.54 Å². The second-order valence-electron chi connectivity index (χ2n) is 2.67. The molecule has 0 amide bonds. The van der Waals surface area contributed by atoms with Crippen LogP contribution in [0.3, 0.4) is 0 Å². The summed E-state index contributed by atoms with van der Waals surface area (Å²) < 4.78 is 1.04. The van der Waals surface area contributed by atoms with Gasteiger partial charge < -0.3 is 10.8 Å². The Labute approximate surface area is 92.7 Å². The zero-order valence-corrected chi connectivity index (χ0v) is 9.51. The molecule has 2 nitrogen and oxygen atoms in total. The van der Waals surface area contributed by atoms with Gasteiger partial charge in [-0.3, -0.25) is 0 Å². The van der Waals surface area contributed by atoms with Crippen molar-refractivity contribution in [1.82, 2.24) is 0 Å². The van der Waals surface area contributed by atoms with E-state index >= 15 is 0 Å². The highest BCUT2D eigenvalue weighted by Crippen LogP contribution is 2.17. The summed E-state index contributed by atoms with van der Waals surface area (Å²) >= 11 is 3.34. The Morgan fingerprint density at radius 3 is 2.23 bits per heavy atom. The minimum atomic E-state index is 0. The third-order valence-corrected chi connectivity index (χ3v) is 2.37. The molecule has 0 saturated heterocycles. The molecule has 1 unspecified atom stereocenters. The van der Waals surface area contributed by atoms with Gasteiger partial charge in [0.25, 0.3) is 0 Å². The molecule has 4 heteroatoms. The first kappa shape index (κ1) is 12.9. The van der Waals surface area contributed by atoms with Crippen molar-refractivity contribution in [1.29, 1.82) is 0 Å². The fraction of sp³-hybridized carbons (Fsp3) is 0.333. The van der Waals surface area contributed by atoms with Crippen LogP contribution in [-0.4, -0.2) is 18.3 Å². The summed E-state index contributed by atoms with van der Waals surface area (Å²) in [4.78, 5) is 0. The maximum absolute atomic E-state index is 8.96. The van der Waals surface area contributed by atoms with Crippen LogP contribution < -0.4 is 5.73 Å². The molecule has 0 aromatic heterocycles. The number of hydrogen-bond acceptors (Lipinski definition) is 2. The minimum absolute atomic E-state index is 0. The van der Waals surface area contributed by atoms with Crippen LogP contribution in [0.4, 0.5) is 0 Å². The molecule has 0 heterocycles. The van der Waals surface area contributed by atoms with Crippen molar-refractivity contribution < 1.29 is 5.11 Å². The second-order valence-corrected chi connectivity index (χ2v) is 3.58. The van der Waals surface area contributed by atoms with Gasteiger partial charge in [0.1, 0.15) is 0 Å². The molecular weight excluding hydrogens is 253 g/mol. The van der Waals surface area contributed by atoms with Crippen LogP contribution in [0.25, 0.3) is 0 Å². The number of halogens is 2. The predicted octanol–water partition coefficient (Wildman–Crippen LogP) is 1.91. The van der Waals surface area contributed by atoms with E-state index in [2.05, 4.69) is 15.9 Å². The largest absolute Gasteiger partial charge is 0.396 e. The number of benzene rings is 1. The standard InChI is InChI=1S/C9H12BrNO.ClH/c10-9-3-1-7(2-4-9)8(5-11)6-12;/h1-4,8,12H,5-6,11H2;1H. The SMILES string of the molecule is Cl.NCC(CO)c1ccc(Br)cc1. The van der Waals surface area contributed by atoms with Crippen LogP contribution in [0.5, 0.6) is 0 Å². The third kappa shape index (κ3) is 3.65. The fourth-order valence-electron chi connectivity index (χ4n) is 1.05. The van der Waals surface area contributed by atoms with E-state index in [0.717, 1.165) is 10.0 Å². The summed E-state index contributed by atoms with van der Waals surface area (Å²) in [5, 5.41) is 8.96. The molecule has 1 aromatic rings. The molecule has 1 atom stereocenters. The van der Waals surface area contributed by atoms with Gasteiger partial charge in [-0.05, 0) is 17.7 Å². The van der Waals surface area contributed by atoms with Crippen molar-refractivity contribution in [2.75, 3.05) is 13.2 Å². The van der Waals surface area contributed by atoms with Crippen LogP contribution in [0, 0.1) is 0 Å². The highest BCUT2D eigenvalue weighted by Gasteiger charge is 2.06. The number of rotatable bonds is 3. The van der Waals surface area contributed by atoms with Gasteiger partial charge in [0.2, 0.25) is 0 Å². The maximum atomic E-state index is 8.96. The Bertz CT molecular complexity index is 236. The first-order chi connectivity index (χ1) is 5.77. The topological polar surface area (TPSA) is 46.2 Å². The minimum Gasteiger partial charge on any atom is -0.396 e. The summed E-state index contributed by atoms with van der Waals surface area (Å²) in [5.41, 5.74) is 6.57. The Kier molecular flexibility index (Phi) is 6.33. The van der Waals surface area contributed by atoms with Crippen molar-refractivity contribution in [3.8, 4) is 0 Å². The van der Waals surface area contributed by atoms with Crippen LogP contribution in [0.2, 0.25) is 0 Å². The van der Waals surface area contributed by atoms with E-state index in [1.807, 2.05) is 24.3 Å². The number of nitrogens with two attached hydrogens (primary N) is 1. The van der Waals surface area contributed by atoms with E-state index in [9.17, 15) is 0 Å². The highest BCUT2D eigenvalue weighted by atomic mass is 79.9. The van der Waals surface area contributed by atoms with Crippen molar-refractivity contribution >= 4 is 28.3 Å². The fourth-order valence-corrected chi connectivity index (χ4v) is 1.32. The van der Waals surface area contributed by atoms with Gasteiger partial charge >= 0.3 is 0 Å². The molecule has 0 fully saturated rings. The number of hydrogen-bond donors (Lipinski definition) is 2. The molecule has 0 bridgehead atoms. The molecule has 1 aromatic carbocycles. The highest BCUT2D eigenvalue weighted by molar-refractivity contribution is 9.10. The zero-order valence-electron chi connectivity index (χ0n) is 7.11. The lowest BCUT2D eigenvalue weighted by molar-refractivity contribution is 0.268. The van der Waals surface area contributed by atoms with Gasteiger partial charge in [0, 0.05) is 16.9 Å². The predicted molar refractivity (Wildman–Crippen MR) is 60.3 cm³/mol. The lowest BCUT2D eigenvalue weighted by Gasteiger charge is -2.11. The summed E-state index contributed by atoms with van der Waals surface area (Å²) in [5.74, 6) is 0.0677. The van der Waals surface area contributed by atoms with Crippen LogP contribution in [0.15, 0.2) is 28.7 Å². The third-order valence-electron chi connectivity index (χ3n) is 1.85. The summed E-state index contributed by atoms with van der Waals surface area (Å²) in [6.45, 7) is 0.594. The Balaban J connectivity index is 0.00000144. The van der Waals surface area contributed by atoms with Gasteiger partial charge in [0.05, 0.1) is 6.61 Å². The smallest absolute Gasteiger partial charge is 0.0511 e. The maximum Gasteiger partial charge on any atom is 0.0511 e. The molecule has 13 heavy (non-hydrogen) atoms. The van der Waals surface area contributed by atoms with Gasteiger partial charge in [-0.15, -0.1) is 12.4 Å². The van der Waals surface area contributed by atoms with Crippen molar-refractivity contribution in [3.05, 3.63) is 34.3 Å². The molecular formula is C9H13BrClNO. The van der Waals surface area contributed by atoms with E-state index < -0.39 is 0 Å². The van der Waals surface area contributed by atoms with E-state index in [1.54, 1.807) is 0 Å². The number of aliphatic hydroxyl groups is 1. The lowest BCUT2D eigenvalue weighted by Crippen LogP contribution is -2.15. The average Bonchev–Trinajstić information content (AvgIpc) is 2.10. The molecule has 3 N–H and O–H groups in total. The lowest BCUT2D eigenvalue weighted by atomic mass is 10.0. The molecule has 74 valence electrons. The molecule has 0 saturated carbocycles.